The summed E-state index contributed by atoms with van der Waals surface area (Å²) in [7, 11) is 0. The maximum Gasteiger partial charge on any atom is 0.333 e. The molecule has 4 rings (SSSR count). The fraction of sp³-hybridized carbons (Fsp3) is 0.455. The maximum atomic E-state index is 13.3. The van der Waals surface area contributed by atoms with Crippen LogP contribution in [0.5, 0.6) is 0 Å². The zero-order valence-corrected chi connectivity index (χ0v) is 15.5. The zero-order chi connectivity index (χ0) is 17.9. The molecule has 3 aromatic rings. The van der Waals surface area contributed by atoms with Crippen molar-refractivity contribution < 1.29 is 0 Å². The van der Waals surface area contributed by atoms with E-state index in [9.17, 15) is 4.79 Å². The SMILES string of the molecule is Cc1cncc(-n2c(=O)n(CC3CCCCCCC3)c3ccccc32)c1. The summed E-state index contributed by atoms with van der Waals surface area (Å²) in [6.45, 7) is 2.83. The van der Waals surface area contributed by atoms with Gasteiger partial charge in [-0.2, -0.15) is 0 Å². The molecule has 1 aliphatic carbocycles. The van der Waals surface area contributed by atoms with Gasteiger partial charge in [-0.1, -0.05) is 44.2 Å². The van der Waals surface area contributed by atoms with Gasteiger partial charge in [0.05, 0.1) is 22.9 Å². The van der Waals surface area contributed by atoms with Crippen molar-refractivity contribution in [1.82, 2.24) is 14.1 Å². The lowest BCUT2D eigenvalue weighted by Gasteiger charge is -2.20. The molecule has 2 heterocycles. The summed E-state index contributed by atoms with van der Waals surface area (Å²) in [5, 5.41) is 0. The van der Waals surface area contributed by atoms with Gasteiger partial charge >= 0.3 is 5.69 Å². The van der Waals surface area contributed by atoms with Crippen molar-refractivity contribution in [2.45, 2.75) is 58.4 Å². The van der Waals surface area contributed by atoms with E-state index in [1.54, 1.807) is 6.20 Å². The fourth-order valence-electron chi connectivity index (χ4n) is 4.28. The molecule has 0 amide bonds. The monoisotopic (exact) mass is 349 g/mol. The van der Waals surface area contributed by atoms with E-state index < -0.39 is 0 Å². The van der Waals surface area contributed by atoms with Crippen molar-refractivity contribution in [3.05, 3.63) is 58.8 Å². The molecular formula is C22H27N3O. The van der Waals surface area contributed by atoms with Gasteiger partial charge in [0, 0.05) is 12.7 Å². The molecule has 0 spiro atoms. The lowest BCUT2D eigenvalue weighted by Crippen LogP contribution is -2.26. The molecule has 0 bridgehead atoms. The van der Waals surface area contributed by atoms with E-state index in [-0.39, 0.29) is 5.69 Å². The number of aryl methyl sites for hydroxylation is 1. The van der Waals surface area contributed by atoms with Gasteiger partial charge in [-0.3, -0.25) is 14.1 Å². The number of hydrogen-bond acceptors (Lipinski definition) is 2. The Morgan fingerprint density at radius 1 is 1.00 bits per heavy atom. The number of hydrogen-bond donors (Lipinski definition) is 0. The molecule has 1 aromatic carbocycles. The third-order valence-electron chi connectivity index (χ3n) is 5.62. The van der Waals surface area contributed by atoms with Gasteiger partial charge in [-0.25, -0.2) is 4.79 Å². The molecule has 0 radical (unpaired) electrons. The van der Waals surface area contributed by atoms with Crippen LogP contribution in [0.4, 0.5) is 0 Å². The van der Waals surface area contributed by atoms with Gasteiger partial charge in [-0.05, 0) is 49.4 Å². The van der Waals surface area contributed by atoms with Gasteiger partial charge in [0.1, 0.15) is 0 Å². The van der Waals surface area contributed by atoms with Crippen LogP contribution in [0, 0.1) is 12.8 Å². The molecule has 0 aliphatic heterocycles. The minimum Gasteiger partial charge on any atom is -0.291 e. The molecule has 0 atom stereocenters. The smallest absolute Gasteiger partial charge is 0.291 e. The van der Waals surface area contributed by atoms with Gasteiger partial charge in [0.15, 0.2) is 0 Å². The van der Waals surface area contributed by atoms with Crippen LogP contribution >= 0.6 is 0 Å². The van der Waals surface area contributed by atoms with Crippen LogP contribution in [0.15, 0.2) is 47.5 Å². The number of pyridine rings is 1. The standard InChI is InChI=1S/C22H27N3O/c1-17-13-19(15-23-14-17)25-21-12-8-7-11-20(21)24(22(25)26)16-18-9-5-3-2-4-6-10-18/h7-8,11-15,18H,2-6,9-10,16H2,1H3. The van der Waals surface area contributed by atoms with Gasteiger partial charge < -0.3 is 0 Å². The second kappa shape index (κ2) is 7.48. The van der Waals surface area contributed by atoms with Gasteiger partial charge in [0.2, 0.25) is 0 Å². The van der Waals surface area contributed by atoms with Crippen molar-refractivity contribution in [2.24, 2.45) is 5.92 Å². The minimum absolute atomic E-state index is 0.0562. The third kappa shape index (κ3) is 3.33. The number of rotatable bonds is 3. The lowest BCUT2D eigenvalue weighted by atomic mass is 9.91. The van der Waals surface area contributed by atoms with Crippen molar-refractivity contribution in [1.29, 1.82) is 0 Å². The number of para-hydroxylation sites is 2. The topological polar surface area (TPSA) is 39.8 Å². The van der Waals surface area contributed by atoms with Crippen molar-refractivity contribution in [2.75, 3.05) is 0 Å². The summed E-state index contributed by atoms with van der Waals surface area (Å²) in [4.78, 5) is 17.6. The first-order chi connectivity index (χ1) is 12.7. The highest BCUT2D eigenvalue weighted by Crippen LogP contribution is 2.25. The molecule has 26 heavy (non-hydrogen) atoms. The summed E-state index contributed by atoms with van der Waals surface area (Å²) < 4.78 is 3.81. The number of imidazole rings is 1. The summed E-state index contributed by atoms with van der Waals surface area (Å²) in [5.74, 6) is 0.600. The normalized spacial score (nSPS) is 16.5. The van der Waals surface area contributed by atoms with Crippen molar-refractivity contribution >= 4 is 11.0 Å². The minimum atomic E-state index is 0.0562. The van der Waals surface area contributed by atoms with E-state index in [1.165, 1.54) is 44.9 Å². The Morgan fingerprint density at radius 2 is 1.69 bits per heavy atom. The maximum absolute atomic E-state index is 13.3. The van der Waals surface area contributed by atoms with Crippen LogP contribution < -0.4 is 5.69 Å². The highest BCUT2D eigenvalue weighted by Gasteiger charge is 2.19. The highest BCUT2D eigenvalue weighted by molar-refractivity contribution is 5.78. The Balaban J connectivity index is 1.78. The zero-order valence-electron chi connectivity index (χ0n) is 15.5. The first-order valence-electron chi connectivity index (χ1n) is 9.86. The Labute approximate surface area is 154 Å². The molecule has 4 heteroatoms. The van der Waals surface area contributed by atoms with Crippen LogP contribution in [-0.4, -0.2) is 14.1 Å². The Morgan fingerprint density at radius 3 is 2.42 bits per heavy atom. The molecule has 136 valence electrons. The average Bonchev–Trinajstić information content (AvgIpc) is 2.89. The third-order valence-corrected chi connectivity index (χ3v) is 5.62. The lowest BCUT2D eigenvalue weighted by molar-refractivity contribution is 0.338. The molecule has 2 aromatic heterocycles. The predicted molar refractivity (Wildman–Crippen MR) is 106 cm³/mol. The number of aromatic nitrogens is 3. The number of benzene rings is 1. The molecular weight excluding hydrogens is 322 g/mol. The molecule has 0 N–H and O–H groups in total. The number of fused-ring (bicyclic) bond motifs is 1. The molecule has 1 fully saturated rings. The first kappa shape index (κ1) is 17.1. The Hall–Kier alpha value is -2.36. The summed E-state index contributed by atoms with van der Waals surface area (Å²) in [6.07, 6.45) is 12.7. The van der Waals surface area contributed by atoms with Crippen molar-refractivity contribution in [3.63, 3.8) is 0 Å². The first-order valence-corrected chi connectivity index (χ1v) is 9.86. The van der Waals surface area contributed by atoms with E-state index in [2.05, 4.69) is 11.1 Å². The largest absolute Gasteiger partial charge is 0.333 e. The van der Waals surface area contributed by atoms with Gasteiger partial charge in [0.25, 0.3) is 0 Å². The van der Waals surface area contributed by atoms with Crippen molar-refractivity contribution in [3.8, 4) is 5.69 Å². The van der Waals surface area contributed by atoms with E-state index in [0.29, 0.717) is 5.92 Å². The van der Waals surface area contributed by atoms with E-state index >= 15 is 0 Å². The van der Waals surface area contributed by atoms with Crippen LogP contribution in [0.3, 0.4) is 0 Å². The Kier molecular flexibility index (Phi) is 4.91. The molecule has 0 saturated heterocycles. The second-order valence-electron chi connectivity index (χ2n) is 7.65. The predicted octanol–water partition coefficient (Wildman–Crippen LogP) is 4.86. The van der Waals surface area contributed by atoms with Crippen LogP contribution in [-0.2, 0) is 6.54 Å². The van der Waals surface area contributed by atoms with E-state index in [0.717, 1.165) is 28.8 Å². The molecule has 0 unspecified atom stereocenters. The summed E-state index contributed by atoms with van der Waals surface area (Å²) in [5.41, 5.74) is 3.96. The summed E-state index contributed by atoms with van der Waals surface area (Å²) >= 11 is 0. The van der Waals surface area contributed by atoms with Gasteiger partial charge in [-0.15, -0.1) is 0 Å². The fourth-order valence-corrected chi connectivity index (χ4v) is 4.28. The summed E-state index contributed by atoms with van der Waals surface area (Å²) in [6, 6.07) is 10.2. The highest BCUT2D eigenvalue weighted by atomic mass is 16.1. The number of nitrogens with zero attached hydrogens (tertiary/aromatic N) is 3. The second-order valence-corrected chi connectivity index (χ2v) is 7.65. The van der Waals surface area contributed by atoms with Crippen LogP contribution in [0.2, 0.25) is 0 Å². The molecule has 4 nitrogen and oxygen atoms in total. The van der Waals surface area contributed by atoms with Crippen LogP contribution in [0.25, 0.3) is 16.7 Å². The molecule has 1 aliphatic rings. The molecule has 1 saturated carbocycles. The quantitative estimate of drug-likeness (QED) is 0.678. The van der Waals surface area contributed by atoms with E-state index in [4.69, 9.17) is 0 Å². The Bertz CT molecular complexity index is 945. The van der Waals surface area contributed by atoms with E-state index in [1.807, 2.05) is 46.5 Å². The average molecular weight is 349 g/mol. The van der Waals surface area contributed by atoms with Crippen LogP contribution in [0.1, 0.15) is 50.5 Å².